The van der Waals surface area contributed by atoms with E-state index in [9.17, 15) is 4.79 Å². The summed E-state index contributed by atoms with van der Waals surface area (Å²) in [6.45, 7) is 3.11. The van der Waals surface area contributed by atoms with Crippen LogP contribution in [0.2, 0.25) is 0 Å². The summed E-state index contributed by atoms with van der Waals surface area (Å²) < 4.78 is 1.61. The van der Waals surface area contributed by atoms with Crippen LogP contribution >= 0.6 is 0 Å². The Morgan fingerprint density at radius 3 is 2.94 bits per heavy atom. The summed E-state index contributed by atoms with van der Waals surface area (Å²) in [5.74, 6) is 0.0378. The minimum atomic E-state index is -0.0607. The molecule has 2 heterocycles. The second kappa shape index (κ2) is 4.57. The number of hydrogen-bond acceptors (Lipinski definition) is 4. The van der Waals surface area contributed by atoms with Crippen LogP contribution in [0, 0.1) is 5.92 Å². The number of oxime groups is 1. The van der Waals surface area contributed by atoms with Crippen molar-refractivity contribution in [2.24, 2.45) is 18.1 Å². The predicted octanol–water partition coefficient (Wildman–Crippen LogP) is 0.732. The van der Waals surface area contributed by atoms with Crippen LogP contribution in [-0.2, 0) is 7.05 Å². The van der Waals surface area contributed by atoms with E-state index in [1.165, 1.54) is 0 Å². The highest BCUT2D eigenvalue weighted by molar-refractivity contribution is 5.94. The largest absolute Gasteiger partial charge is 0.411 e. The zero-order valence-electron chi connectivity index (χ0n) is 10.00. The molecule has 1 aliphatic heterocycles. The van der Waals surface area contributed by atoms with Gasteiger partial charge in [0.1, 0.15) is 5.69 Å². The lowest BCUT2D eigenvalue weighted by Crippen LogP contribution is -2.43. The monoisotopic (exact) mass is 236 g/mol. The van der Waals surface area contributed by atoms with E-state index in [2.05, 4.69) is 10.3 Å². The average molecular weight is 236 g/mol. The predicted molar refractivity (Wildman–Crippen MR) is 62.1 cm³/mol. The number of likely N-dealkylation sites (tertiary alicyclic amines) is 1. The number of carbonyl (C=O) groups excluding carboxylic acids is 1. The molecule has 0 radical (unpaired) electrons. The number of rotatable bonds is 1. The number of carbonyl (C=O) groups is 1. The molecule has 6 heteroatoms. The minimum Gasteiger partial charge on any atom is -0.411 e. The molecule has 17 heavy (non-hydrogen) atoms. The van der Waals surface area contributed by atoms with Gasteiger partial charge in [-0.2, -0.15) is 5.10 Å². The van der Waals surface area contributed by atoms with Gasteiger partial charge >= 0.3 is 0 Å². The van der Waals surface area contributed by atoms with Crippen LogP contribution in [0.5, 0.6) is 0 Å². The van der Waals surface area contributed by atoms with Gasteiger partial charge < -0.3 is 10.1 Å². The number of aromatic nitrogens is 2. The van der Waals surface area contributed by atoms with Crippen LogP contribution in [0.25, 0.3) is 0 Å². The van der Waals surface area contributed by atoms with Crippen LogP contribution in [0.1, 0.15) is 23.8 Å². The number of piperidine rings is 1. The lowest BCUT2D eigenvalue weighted by Gasteiger charge is -2.30. The van der Waals surface area contributed by atoms with Crippen LogP contribution in [0.15, 0.2) is 17.4 Å². The Morgan fingerprint density at radius 2 is 2.41 bits per heavy atom. The molecule has 92 valence electrons. The molecule has 1 N–H and O–H groups in total. The van der Waals surface area contributed by atoms with Gasteiger partial charge in [0.2, 0.25) is 0 Å². The Morgan fingerprint density at radius 1 is 1.65 bits per heavy atom. The lowest BCUT2D eigenvalue weighted by molar-refractivity contribution is 0.0727. The fourth-order valence-electron chi connectivity index (χ4n) is 2.05. The first-order chi connectivity index (χ1) is 8.11. The van der Waals surface area contributed by atoms with E-state index in [-0.39, 0.29) is 11.8 Å². The van der Waals surface area contributed by atoms with Crippen molar-refractivity contribution in [1.29, 1.82) is 0 Å². The van der Waals surface area contributed by atoms with Crippen LogP contribution < -0.4 is 0 Å². The van der Waals surface area contributed by atoms with E-state index in [4.69, 9.17) is 5.21 Å². The highest BCUT2D eigenvalue weighted by Crippen LogP contribution is 2.15. The molecule has 0 aromatic carbocycles. The maximum atomic E-state index is 12.1. The standard InChI is InChI=1S/C11H16N4O2/c1-8-7-15(6-4-9(8)13-17)11(16)10-3-5-14(2)12-10/h3,5,8,17H,4,6-7H2,1-2H3/b13-9+. The summed E-state index contributed by atoms with van der Waals surface area (Å²) in [6.07, 6.45) is 2.37. The van der Waals surface area contributed by atoms with Crippen LogP contribution in [-0.4, -0.2) is 44.6 Å². The summed E-state index contributed by atoms with van der Waals surface area (Å²) in [5.41, 5.74) is 1.22. The maximum Gasteiger partial charge on any atom is 0.274 e. The summed E-state index contributed by atoms with van der Waals surface area (Å²) in [4.78, 5) is 13.9. The minimum absolute atomic E-state index is 0.0607. The third-order valence-electron chi connectivity index (χ3n) is 3.05. The van der Waals surface area contributed by atoms with Gasteiger partial charge in [-0.25, -0.2) is 0 Å². The Labute approximate surface area is 99.5 Å². The first-order valence-corrected chi connectivity index (χ1v) is 5.61. The van der Waals surface area contributed by atoms with E-state index >= 15 is 0 Å². The van der Waals surface area contributed by atoms with Gasteiger partial charge in [0, 0.05) is 38.7 Å². The third-order valence-corrected chi connectivity index (χ3v) is 3.05. The molecule has 1 aliphatic rings. The van der Waals surface area contributed by atoms with Crippen molar-refractivity contribution in [2.75, 3.05) is 13.1 Å². The van der Waals surface area contributed by atoms with Gasteiger partial charge in [-0.05, 0) is 6.07 Å². The quantitative estimate of drug-likeness (QED) is 0.577. The van der Waals surface area contributed by atoms with Crippen molar-refractivity contribution in [3.8, 4) is 0 Å². The highest BCUT2D eigenvalue weighted by Gasteiger charge is 2.27. The number of aryl methyl sites for hydroxylation is 1. The SMILES string of the molecule is CC1CN(C(=O)c2ccn(C)n2)CC/C1=N\O. The average Bonchev–Trinajstić information content (AvgIpc) is 2.75. The van der Waals surface area contributed by atoms with Gasteiger partial charge in [-0.3, -0.25) is 9.48 Å². The molecule has 2 rings (SSSR count). The van der Waals surface area contributed by atoms with Crippen LogP contribution in [0.3, 0.4) is 0 Å². The van der Waals surface area contributed by atoms with Gasteiger partial charge in [-0.1, -0.05) is 12.1 Å². The summed E-state index contributed by atoms with van der Waals surface area (Å²) in [5, 5.41) is 16.1. The molecule has 0 saturated carbocycles. The molecule has 1 unspecified atom stereocenters. The van der Waals surface area contributed by atoms with Crippen molar-refractivity contribution < 1.29 is 10.0 Å². The molecular formula is C11H16N4O2. The van der Waals surface area contributed by atoms with Crippen molar-refractivity contribution in [1.82, 2.24) is 14.7 Å². The van der Waals surface area contributed by atoms with E-state index in [1.54, 1.807) is 28.9 Å². The topological polar surface area (TPSA) is 70.7 Å². The van der Waals surface area contributed by atoms with Gasteiger partial charge in [0.15, 0.2) is 0 Å². The zero-order valence-corrected chi connectivity index (χ0v) is 10.00. The fraction of sp³-hybridized carbons (Fsp3) is 0.545. The van der Waals surface area contributed by atoms with E-state index in [0.717, 1.165) is 5.71 Å². The molecule has 6 nitrogen and oxygen atoms in total. The number of nitrogens with zero attached hydrogens (tertiary/aromatic N) is 4. The van der Waals surface area contributed by atoms with Crippen molar-refractivity contribution in [3.05, 3.63) is 18.0 Å². The first kappa shape index (κ1) is 11.6. The fourth-order valence-corrected chi connectivity index (χ4v) is 2.05. The van der Waals surface area contributed by atoms with Crippen molar-refractivity contribution >= 4 is 11.6 Å². The smallest absolute Gasteiger partial charge is 0.274 e. The number of hydrogen-bond donors (Lipinski definition) is 1. The van der Waals surface area contributed by atoms with E-state index in [0.29, 0.717) is 25.2 Å². The molecule has 1 aromatic heterocycles. The molecule has 1 fully saturated rings. The third kappa shape index (κ3) is 2.30. The molecule has 0 bridgehead atoms. The van der Waals surface area contributed by atoms with Crippen molar-refractivity contribution in [2.45, 2.75) is 13.3 Å². The molecular weight excluding hydrogens is 220 g/mol. The molecule has 1 atom stereocenters. The number of amides is 1. The Hall–Kier alpha value is -1.85. The second-order valence-electron chi connectivity index (χ2n) is 4.37. The van der Waals surface area contributed by atoms with Crippen LogP contribution in [0.4, 0.5) is 0 Å². The Kier molecular flexibility index (Phi) is 3.12. The second-order valence-corrected chi connectivity index (χ2v) is 4.37. The molecule has 1 amide bonds. The summed E-state index contributed by atoms with van der Waals surface area (Å²) in [6, 6.07) is 1.71. The Balaban J connectivity index is 2.07. The van der Waals surface area contributed by atoms with Gasteiger partial charge in [0.05, 0.1) is 5.71 Å². The molecule has 0 spiro atoms. The normalized spacial score (nSPS) is 23.1. The maximum absolute atomic E-state index is 12.1. The zero-order chi connectivity index (χ0) is 12.4. The summed E-state index contributed by atoms with van der Waals surface area (Å²) >= 11 is 0. The molecule has 1 aromatic rings. The molecule has 0 aliphatic carbocycles. The van der Waals surface area contributed by atoms with Crippen molar-refractivity contribution in [3.63, 3.8) is 0 Å². The van der Waals surface area contributed by atoms with Gasteiger partial charge in [0.25, 0.3) is 5.91 Å². The van der Waals surface area contributed by atoms with Gasteiger partial charge in [-0.15, -0.1) is 0 Å². The Bertz CT molecular complexity index is 452. The van der Waals surface area contributed by atoms with E-state index in [1.807, 2.05) is 6.92 Å². The molecule has 1 saturated heterocycles. The highest BCUT2D eigenvalue weighted by atomic mass is 16.4. The lowest BCUT2D eigenvalue weighted by atomic mass is 9.97. The van der Waals surface area contributed by atoms with E-state index < -0.39 is 0 Å². The first-order valence-electron chi connectivity index (χ1n) is 5.61. The summed E-state index contributed by atoms with van der Waals surface area (Å²) in [7, 11) is 1.78.